The van der Waals surface area contributed by atoms with Gasteiger partial charge in [0.25, 0.3) is 0 Å². The quantitative estimate of drug-likeness (QED) is 0.644. The summed E-state index contributed by atoms with van der Waals surface area (Å²) in [6, 6.07) is 4.72. The summed E-state index contributed by atoms with van der Waals surface area (Å²) >= 11 is 1.59. The first-order chi connectivity index (χ1) is 8.70. The summed E-state index contributed by atoms with van der Waals surface area (Å²) in [5.41, 5.74) is 1.63. The van der Waals surface area contributed by atoms with Crippen molar-refractivity contribution >= 4 is 11.3 Å². The number of methoxy groups -OCH3 is 1. The van der Waals surface area contributed by atoms with Crippen LogP contribution in [0.15, 0.2) is 23.6 Å². The van der Waals surface area contributed by atoms with Crippen molar-refractivity contribution in [1.82, 2.24) is 4.98 Å². The second kappa shape index (κ2) is 5.84. The summed E-state index contributed by atoms with van der Waals surface area (Å²) in [6.45, 7) is 0.731. The summed E-state index contributed by atoms with van der Waals surface area (Å²) in [5, 5.41) is 21.7. The average Bonchev–Trinajstić information content (AvgIpc) is 2.82. The van der Waals surface area contributed by atoms with Crippen LogP contribution in [0.4, 0.5) is 0 Å². The molecule has 0 bridgehead atoms. The normalized spacial score (nSPS) is 10.7. The Kier molecular flexibility index (Phi) is 4.17. The third kappa shape index (κ3) is 3.00. The Morgan fingerprint density at radius 1 is 1.28 bits per heavy atom. The van der Waals surface area contributed by atoms with E-state index >= 15 is 0 Å². The number of aryl methyl sites for hydroxylation is 1. The number of phenols is 2. The summed E-state index contributed by atoms with van der Waals surface area (Å²) < 4.78 is 5.00. The Hall–Kier alpha value is -1.59. The second-order valence-corrected chi connectivity index (χ2v) is 4.87. The van der Waals surface area contributed by atoms with Gasteiger partial charge in [0, 0.05) is 31.1 Å². The van der Waals surface area contributed by atoms with Crippen LogP contribution in [0.1, 0.15) is 11.4 Å². The SMILES string of the molecule is COCCCc1nc(-c2ccc(O)c(O)c2)cs1. The van der Waals surface area contributed by atoms with Gasteiger partial charge >= 0.3 is 0 Å². The molecule has 18 heavy (non-hydrogen) atoms. The average molecular weight is 265 g/mol. The van der Waals surface area contributed by atoms with Crippen molar-refractivity contribution in [2.75, 3.05) is 13.7 Å². The molecule has 5 heteroatoms. The fraction of sp³-hybridized carbons (Fsp3) is 0.308. The van der Waals surface area contributed by atoms with Crippen molar-refractivity contribution in [3.8, 4) is 22.8 Å². The predicted octanol–water partition coefficient (Wildman–Crippen LogP) is 2.80. The summed E-state index contributed by atoms with van der Waals surface area (Å²) in [5.74, 6) is -0.240. The van der Waals surface area contributed by atoms with Gasteiger partial charge in [0.2, 0.25) is 0 Å². The third-order valence-corrected chi connectivity index (χ3v) is 3.47. The fourth-order valence-electron chi connectivity index (χ4n) is 1.61. The third-order valence-electron chi connectivity index (χ3n) is 2.56. The number of aromatic nitrogens is 1. The molecule has 0 radical (unpaired) electrons. The van der Waals surface area contributed by atoms with E-state index in [9.17, 15) is 10.2 Å². The van der Waals surface area contributed by atoms with Gasteiger partial charge in [0.15, 0.2) is 11.5 Å². The topological polar surface area (TPSA) is 62.6 Å². The Morgan fingerprint density at radius 2 is 2.11 bits per heavy atom. The number of rotatable bonds is 5. The number of hydrogen-bond donors (Lipinski definition) is 2. The van der Waals surface area contributed by atoms with Crippen molar-refractivity contribution in [2.24, 2.45) is 0 Å². The molecule has 96 valence electrons. The highest BCUT2D eigenvalue weighted by Crippen LogP contribution is 2.31. The Labute approximate surface area is 110 Å². The zero-order valence-corrected chi connectivity index (χ0v) is 10.9. The molecule has 2 N–H and O–H groups in total. The van der Waals surface area contributed by atoms with Crippen LogP contribution in [-0.4, -0.2) is 28.9 Å². The van der Waals surface area contributed by atoms with Crippen LogP contribution >= 0.6 is 11.3 Å². The molecule has 0 unspecified atom stereocenters. The van der Waals surface area contributed by atoms with Gasteiger partial charge in [0.1, 0.15) is 0 Å². The zero-order valence-electron chi connectivity index (χ0n) is 10.1. The maximum atomic E-state index is 9.45. The molecule has 0 fully saturated rings. The molecule has 1 aromatic heterocycles. The van der Waals surface area contributed by atoms with E-state index < -0.39 is 0 Å². The van der Waals surface area contributed by atoms with Gasteiger partial charge in [-0.2, -0.15) is 0 Å². The van der Waals surface area contributed by atoms with Crippen molar-refractivity contribution in [2.45, 2.75) is 12.8 Å². The van der Waals surface area contributed by atoms with Crippen molar-refractivity contribution in [1.29, 1.82) is 0 Å². The van der Waals surface area contributed by atoms with Crippen molar-refractivity contribution < 1.29 is 14.9 Å². The minimum atomic E-state index is -0.124. The zero-order chi connectivity index (χ0) is 13.0. The number of ether oxygens (including phenoxy) is 1. The highest BCUT2D eigenvalue weighted by atomic mass is 32.1. The molecular formula is C13H15NO3S. The van der Waals surface area contributed by atoms with Gasteiger partial charge in [0.05, 0.1) is 10.7 Å². The molecule has 2 aromatic rings. The molecule has 1 heterocycles. The van der Waals surface area contributed by atoms with Crippen LogP contribution in [-0.2, 0) is 11.2 Å². The van der Waals surface area contributed by atoms with E-state index in [1.165, 1.54) is 12.1 Å². The molecule has 0 aliphatic rings. The van der Waals surface area contributed by atoms with Crippen LogP contribution in [0.2, 0.25) is 0 Å². The molecule has 0 aliphatic heterocycles. The molecule has 2 rings (SSSR count). The maximum absolute atomic E-state index is 9.45. The van der Waals surface area contributed by atoms with E-state index in [2.05, 4.69) is 4.98 Å². The van der Waals surface area contributed by atoms with Crippen molar-refractivity contribution in [3.63, 3.8) is 0 Å². The van der Waals surface area contributed by atoms with Gasteiger partial charge in [-0.15, -0.1) is 11.3 Å². The molecule has 0 aliphatic carbocycles. The minimum Gasteiger partial charge on any atom is -0.504 e. The van der Waals surface area contributed by atoms with Crippen LogP contribution in [0.3, 0.4) is 0 Å². The highest BCUT2D eigenvalue weighted by Gasteiger charge is 2.07. The molecule has 4 nitrogen and oxygen atoms in total. The van der Waals surface area contributed by atoms with Crippen LogP contribution in [0.25, 0.3) is 11.3 Å². The van der Waals surface area contributed by atoms with Gasteiger partial charge in [-0.3, -0.25) is 0 Å². The first-order valence-electron chi connectivity index (χ1n) is 5.66. The number of benzene rings is 1. The van der Waals surface area contributed by atoms with E-state index in [1.54, 1.807) is 24.5 Å². The lowest BCUT2D eigenvalue weighted by atomic mass is 10.1. The Bertz CT molecular complexity index is 525. The van der Waals surface area contributed by atoms with Gasteiger partial charge in [-0.25, -0.2) is 4.98 Å². The first kappa shape index (κ1) is 12.9. The molecular weight excluding hydrogens is 250 g/mol. The molecule has 0 atom stereocenters. The Balaban J connectivity index is 2.11. The largest absolute Gasteiger partial charge is 0.504 e. The summed E-state index contributed by atoms with van der Waals surface area (Å²) in [7, 11) is 1.69. The van der Waals surface area contributed by atoms with E-state index in [-0.39, 0.29) is 11.5 Å². The second-order valence-electron chi connectivity index (χ2n) is 3.93. The maximum Gasteiger partial charge on any atom is 0.158 e. The Morgan fingerprint density at radius 3 is 2.83 bits per heavy atom. The van der Waals surface area contributed by atoms with Gasteiger partial charge in [-0.1, -0.05) is 0 Å². The van der Waals surface area contributed by atoms with Crippen LogP contribution in [0.5, 0.6) is 11.5 Å². The van der Waals surface area contributed by atoms with Gasteiger partial charge < -0.3 is 14.9 Å². The fourth-order valence-corrected chi connectivity index (χ4v) is 2.46. The van der Waals surface area contributed by atoms with E-state index in [0.29, 0.717) is 0 Å². The molecule has 0 saturated heterocycles. The van der Waals surface area contributed by atoms with E-state index in [0.717, 1.165) is 35.7 Å². The van der Waals surface area contributed by atoms with E-state index in [1.807, 2.05) is 5.38 Å². The monoisotopic (exact) mass is 265 g/mol. The van der Waals surface area contributed by atoms with Crippen LogP contribution in [0, 0.1) is 0 Å². The number of nitrogens with zero attached hydrogens (tertiary/aromatic N) is 1. The lowest BCUT2D eigenvalue weighted by molar-refractivity contribution is 0.195. The smallest absolute Gasteiger partial charge is 0.158 e. The molecule has 0 saturated carbocycles. The number of phenolic OH excluding ortho intramolecular Hbond substituents is 2. The molecule has 0 amide bonds. The van der Waals surface area contributed by atoms with Gasteiger partial charge in [-0.05, 0) is 24.6 Å². The summed E-state index contributed by atoms with van der Waals surface area (Å²) in [4.78, 5) is 4.49. The number of aromatic hydroxyl groups is 2. The van der Waals surface area contributed by atoms with E-state index in [4.69, 9.17) is 4.74 Å². The van der Waals surface area contributed by atoms with Crippen molar-refractivity contribution in [3.05, 3.63) is 28.6 Å². The molecule has 0 spiro atoms. The predicted molar refractivity (Wildman–Crippen MR) is 71.1 cm³/mol. The number of hydrogen-bond acceptors (Lipinski definition) is 5. The highest BCUT2D eigenvalue weighted by molar-refractivity contribution is 7.09. The lowest BCUT2D eigenvalue weighted by Crippen LogP contribution is -1.92. The summed E-state index contributed by atoms with van der Waals surface area (Å²) in [6.07, 6.45) is 1.84. The molecule has 1 aromatic carbocycles. The first-order valence-corrected chi connectivity index (χ1v) is 6.54. The van der Waals surface area contributed by atoms with Crippen LogP contribution < -0.4 is 0 Å². The minimum absolute atomic E-state index is 0.116. The number of thiazole rings is 1. The standard InChI is InChI=1S/C13H15NO3S/c1-17-6-2-3-13-14-10(8-18-13)9-4-5-11(15)12(16)7-9/h4-5,7-8,15-16H,2-3,6H2,1H3. The lowest BCUT2D eigenvalue weighted by Gasteiger charge is -2.00.